The van der Waals surface area contributed by atoms with Crippen LogP contribution in [0.2, 0.25) is 0 Å². The van der Waals surface area contributed by atoms with Crippen LogP contribution >= 0.6 is 11.6 Å². The summed E-state index contributed by atoms with van der Waals surface area (Å²) in [5, 5.41) is 0. The third-order valence-electron chi connectivity index (χ3n) is 0.387. The Kier molecular flexibility index (Phi) is 3.61. The van der Waals surface area contributed by atoms with Gasteiger partial charge in [0.2, 0.25) is 0 Å². The fourth-order valence-electron chi connectivity index (χ4n) is 0.178. The number of carbonyl (C=O) groups excluding carboxylic acids is 1. The van der Waals surface area contributed by atoms with Crippen LogP contribution in [0.3, 0.4) is 0 Å². The number of halogens is 1. The van der Waals surface area contributed by atoms with E-state index in [4.69, 9.17) is 11.6 Å². The van der Waals surface area contributed by atoms with Crippen LogP contribution in [0.4, 0.5) is 0 Å². The molecule has 0 aliphatic heterocycles. The molecule has 0 fully saturated rings. The van der Waals surface area contributed by atoms with Crippen molar-refractivity contribution in [2.24, 2.45) is 4.99 Å². The van der Waals surface area contributed by atoms with Gasteiger partial charge in [-0.15, -0.1) is 11.6 Å². The number of aliphatic imine (C=N–C) groups is 1. The molecule has 0 saturated heterocycles. The van der Waals surface area contributed by atoms with E-state index in [0.717, 1.165) is 0 Å². The van der Waals surface area contributed by atoms with Crippen LogP contribution in [-0.4, -0.2) is 18.0 Å². The predicted octanol–water partition coefficient (Wildman–Crippen LogP) is 0.843. The molecule has 40 valence electrons. The Morgan fingerprint density at radius 2 is 2.57 bits per heavy atom. The minimum atomic E-state index is -0.288. The summed E-state index contributed by atoms with van der Waals surface area (Å²) in [4.78, 5) is 13.4. The van der Waals surface area contributed by atoms with Gasteiger partial charge < -0.3 is 0 Å². The topological polar surface area (TPSA) is 29.4 Å². The van der Waals surface area contributed by atoms with E-state index in [1.165, 1.54) is 6.21 Å². The van der Waals surface area contributed by atoms with Gasteiger partial charge in [0.05, 0.1) is 0 Å². The van der Waals surface area contributed by atoms with Gasteiger partial charge in [-0.25, -0.2) is 4.99 Å². The lowest BCUT2D eigenvalue weighted by molar-refractivity contribution is -0.115. The Labute approximate surface area is 47.2 Å². The Morgan fingerprint density at radius 3 is 2.71 bits per heavy atom. The molecule has 7 heavy (non-hydrogen) atoms. The maximum Gasteiger partial charge on any atom is 0.260 e. The van der Waals surface area contributed by atoms with Gasteiger partial charge in [-0.3, -0.25) is 4.79 Å². The second-order valence-corrected chi connectivity index (χ2v) is 1.18. The second-order valence-electron chi connectivity index (χ2n) is 0.915. The van der Waals surface area contributed by atoms with Crippen molar-refractivity contribution >= 4 is 23.7 Å². The first-order valence-electron chi connectivity index (χ1n) is 1.88. The van der Waals surface area contributed by atoms with Crippen LogP contribution < -0.4 is 0 Å². The summed E-state index contributed by atoms with van der Waals surface area (Å²) in [5.74, 6) is -0.311. The van der Waals surface area contributed by atoms with E-state index >= 15 is 0 Å². The van der Waals surface area contributed by atoms with Gasteiger partial charge in [-0.05, 0) is 6.92 Å². The molecule has 0 atom stereocenters. The Balaban J connectivity index is 3.37. The fraction of sp³-hybridized carbons (Fsp3) is 0.500. The molecule has 0 unspecified atom stereocenters. The van der Waals surface area contributed by atoms with E-state index < -0.39 is 0 Å². The molecule has 0 aliphatic carbocycles. The van der Waals surface area contributed by atoms with Crippen molar-refractivity contribution in [3.8, 4) is 0 Å². The molecule has 0 saturated carbocycles. The molecule has 0 radical (unpaired) electrons. The van der Waals surface area contributed by atoms with Crippen molar-refractivity contribution in [3.05, 3.63) is 0 Å². The summed E-state index contributed by atoms with van der Waals surface area (Å²) in [6, 6.07) is 0. The zero-order valence-corrected chi connectivity index (χ0v) is 4.77. The minimum Gasteiger partial charge on any atom is -0.271 e. The van der Waals surface area contributed by atoms with E-state index in [-0.39, 0.29) is 11.8 Å². The van der Waals surface area contributed by atoms with Crippen LogP contribution in [0.1, 0.15) is 6.92 Å². The number of alkyl halides is 1. The molecule has 0 aromatic heterocycles. The van der Waals surface area contributed by atoms with Crippen molar-refractivity contribution < 1.29 is 4.79 Å². The lowest BCUT2D eigenvalue weighted by Gasteiger charge is -1.76. The first-order valence-corrected chi connectivity index (χ1v) is 2.42. The first-order chi connectivity index (χ1) is 3.31. The molecule has 0 rings (SSSR count). The minimum absolute atomic E-state index is 0.0235. The third-order valence-corrected chi connectivity index (χ3v) is 0.616. The standard InChI is InChI=1S/C4H6ClNO/c1-2-6-4(7)3-5/h2H,3H2,1H3. The summed E-state index contributed by atoms with van der Waals surface area (Å²) in [7, 11) is 0. The van der Waals surface area contributed by atoms with Crippen LogP contribution in [0, 0.1) is 0 Å². The lowest BCUT2D eigenvalue weighted by atomic mass is 10.7. The molecule has 0 bridgehead atoms. The molecule has 0 aliphatic rings. The van der Waals surface area contributed by atoms with Crippen LogP contribution in [0.15, 0.2) is 4.99 Å². The molecule has 0 spiro atoms. The van der Waals surface area contributed by atoms with Crippen molar-refractivity contribution in [1.82, 2.24) is 0 Å². The Bertz CT molecular complexity index is 89.7. The molecule has 0 aromatic rings. The van der Waals surface area contributed by atoms with Gasteiger partial charge in [-0.2, -0.15) is 0 Å². The van der Waals surface area contributed by atoms with E-state index in [9.17, 15) is 4.79 Å². The Hall–Kier alpha value is -0.370. The number of hydrogen-bond acceptors (Lipinski definition) is 1. The maximum atomic E-state index is 10.1. The Morgan fingerprint density at radius 1 is 2.00 bits per heavy atom. The average Bonchev–Trinajstić information content (AvgIpc) is 1.68. The summed E-state index contributed by atoms with van der Waals surface area (Å²) in [6.07, 6.45) is 1.42. The van der Waals surface area contributed by atoms with Gasteiger partial charge in [0, 0.05) is 6.21 Å². The zero-order valence-electron chi connectivity index (χ0n) is 4.02. The smallest absolute Gasteiger partial charge is 0.260 e. The molecule has 1 amide bonds. The van der Waals surface area contributed by atoms with Gasteiger partial charge in [0.15, 0.2) is 0 Å². The lowest BCUT2D eigenvalue weighted by Crippen LogP contribution is -1.91. The molecule has 0 heterocycles. The van der Waals surface area contributed by atoms with Crippen molar-refractivity contribution in [1.29, 1.82) is 0 Å². The molecular formula is C4H6ClNO. The average molecular weight is 120 g/mol. The number of rotatable bonds is 1. The van der Waals surface area contributed by atoms with Crippen molar-refractivity contribution in [2.45, 2.75) is 6.92 Å². The summed E-state index contributed by atoms with van der Waals surface area (Å²) in [5.41, 5.74) is 0. The quantitative estimate of drug-likeness (QED) is 0.372. The highest BCUT2D eigenvalue weighted by Gasteiger charge is 1.87. The first kappa shape index (κ1) is 6.63. The number of nitrogens with zero attached hydrogens (tertiary/aromatic N) is 1. The molecule has 3 heteroatoms. The monoisotopic (exact) mass is 119 g/mol. The van der Waals surface area contributed by atoms with E-state index in [1.54, 1.807) is 6.92 Å². The summed E-state index contributed by atoms with van der Waals surface area (Å²) >= 11 is 5.07. The van der Waals surface area contributed by atoms with Crippen LogP contribution in [0.5, 0.6) is 0 Å². The van der Waals surface area contributed by atoms with Gasteiger partial charge in [0.25, 0.3) is 5.91 Å². The predicted molar refractivity (Wildman–Crippen MR) is 29.9 cm³/mol. The maximum absolute atomic E-state index is 10.1. The normalized spacial score (nSPS) is 10.0. The van der Waals surface area contributed by atoms with Crippen LogP contribution in [-0.2, 0) is 4.79 Å². The fourth-order valence-corrected chi connectivity index (χ4v) is 0.248. The molecule has 2 nitrogen and oxygen atoms in total. The van der Waals surface area contributed by atoms with E-state index in [2.05, 4.69) is 4.99 Å². The highest BCUT2D eigenvalue weighted by atomic mass is 35.5. The number of carbonyl (C=O) groups is 1. The molecular weight excluding hydrogens is 114 g/mol. The zero-order chi connectivity index (χ0) is 5.70. The molecule has 0 N–H and O–H groups in total. The van der Waals surface area contributed by atoms with E-state index in [0.29, 0.717) is 0 Å². The van der Waals surface area contributed by atoms with Crippen molar-refractivity contribution in [2.75, 3.05) is 5.88 Å². The second kappa shape index (κ2) is 3.81. The largest absolute Gasteiger partial charge is 0.271 e. The highest BCUT2D eigenvalue weighted by Crippen LogP contribution is 1.77. The highest BCUT2D eigenvalue weighted by molar-refractivity contribution is 6.27. The number of hydrogen-bond donors (Lipinski definition) is 0. The van der Waals surface area contributed by atoms with Gasteiger partial charge >= 0.3 is 0 Å². The van der Waals surface area contributed by atoms with Crippen molar-refractivity contribution in [3.63, 3.8) is 0 Å². The summed E-state index contributed by atoms with van der Waals surface area (Å²) < 4.78 is 0. The SMILES string of the molecule is CC=NC(=O)CCl. The number of amides is 1. The third kappa shape index (κ3) is 3.46. The summed E-state index contributed by atoms with van der Waals surface area (Å²) in [6.45, 7) is 1.67. The molecule has 0 aromatic carbocycles. The van der Waals surface area contributed by atoms with Gasteiger partial charge in [0.1, 0.15) is 5.88 Å². The van der Waals surface area contributed by atoms with Crippen LogP contribution in [0.25, 0.3) is 0 Å². The van der Waals surface area contributed by atoms with E-state index in [1.807, 2.05) is 0 Å². The van der Waals surface area contributed by atoms with Gasteiger partial charge in [-0.1, -0.05) is 0 Å².